The number of benzene rings is 2. The average molecular weight is 413 g/mol. The predicted octanol–water partition coefficient (Wildman–Crippen LogP) is 3.30. The van der Waals surface area contributed by atoms with Gasteiger partial charge in [-0.2, -0.15) is 0 Å². The van der Waals surface area contributed by atoms with E-state index in [-0.39, 0.29) is 12.5 Å². The first-order valence-corrected chi connectivity index (χ1v) is 9.92. The van der Waals surface area contributed by atoms with Crippen LogP contribution in [0.4, 0.5) is 16.2 Å². The van der Waals surface area contributed by atoms with E-state index < -0.39 is 18.4 Å². The maximum absolute atomic E-state index is 13.1. The Balaban J connectivity index is 1.73. The number of nitrogens with zero attached hydrogens (tertiary/aromatic N) is 1. The van der Waals surface area contributed by atoms with Gasteiger partial charge in [-0.25, -0.2) is 4.79 Å². The van der Waals surface area contributed by atoms with Gasteiger partial charge < -0.3 is 29.7 Å². The number of para-hydroxylation sites is 1. The Morgan fingerprint density at radius 3 is 2.37 bits per heavy atom. The average Bonchev–Trinajstić information content (AvgIpc) is 3.00. The third-order valence-corrected chi connectivity index (χ3v) is 4.71. The number of carbonyl (C=O) groups is 2. The summed E-state index contributed by atoms with van der Waals surface area (Å²) in [4.78, 5) is 27.3. The molecule has 0 spiro atoms. The molecule has 3 amide bonds. The molecule has 0 fully saturated rings. The number of methoxy groups -OCH3 is 1. The number of rotatable bonds is 9. The fourth-order valence-corrected chi connectivity index (χ4v) is 3.36. The van der Waals surface area contributed by atoms with Gasteiger partial charge in [0, 0.05) is 30.2 Å². The van der Waals surface area contributed by atoms with Crippen LogP contribution < -0.4 is 20.3 Å². The van der Waals surface area contributed by atoms with E-state index in [1.165, 1.54) is 0 Å². The van der Waals surface area contributed by atoms with E-state index >= 15 is 0 Å². The second-order valence-electron chi connectivity index (χ2n) is 6.61. The molecule has 0 radical (unpaired) electrons. The van der Waals surface area contributed by atoms with Crippen LogP contribution >= 0.6 is 0 Å². The zero-order valence-corrected chi connectivity index (χ0v) is 17.4. The Morgan fingerprint density at radius 2 is 1.73 bits per heavy atom. The number of hydrogen-bond donors (Lipinski definition) is 2. The molecule has 0 bridgehead atoms. The van der Waals surface area contributed by atoms with Gasteiger partial charge in [0.05, 0.1) is 13.7 Å². The van der Waals surface area contributed by atoms with Crippen molar-refractivity contribution in [3.8, 4) is 5.75 Å². The van der Waals surface area contributed by atoms with Crippen LogP contribution in [0.25, 0.3) is 0 Å². The summed E-state index contributed by atoms with van der Waals surface area (Å²) < 4.78 is 16.3. The van der Waals surface area contributed by atoms with Gasteiger partial charge in [0.25, 0.3) is 5.91 Å². The summed E-state index contributed by atoms with van der Waals surface area (Å²) in [5.74, 6) is 0.458. The fraction of sp³-hybridized carbons (Fsp3) is 0.364. The van der Waals surface area contributed by atoms with E-state index in [1.807, 2.05) is 38.1 Å². The first kappa shape index (κ1) is 21.6. The van der Waals surface area contributed by atoms with E-state index in [1.54, 1.807) is 36.3 Å². The molecule has 8 nitrogen and oxygen atoms in total. The van der Waals surface area contributed by atoms with E-state index in [0.717, 1.165) is 11.3 Å². The van der Waals surface area contributed by atoms with Crippen molar-refractivity contribution >= 4 is 23.3 Å². The number of anilines is 2. The topological polar surface area (TPSA) is 89.1 Å². The number of urea groups is 1. The van der Waals surface area contributed by atoms with Crippen LogP contribution in [0.2, 0.25) is 0 Å². The van der Waals surface area contributed by atoms with Gasteiger partial charge in [-0.15, -0.1) is 0 Å². The molecule has 1 aliphatic heterocycles. The van der Waals surface area contributed by atoms with E-state index in [9.17, 15) is 9.59 Å². The van der Waals surface area contributed by atoms with Gasteiger partial charge in [-0.1, -0.05) is 18.2 Å². The van der Waals surface area contributed by atoms with Crippen LogP contribution in [0.5, 0.6) is 5.75 Å². The zero-order chi connectivity index (χ0) is 21.5. The summed E-state index contributed by atoms with van der Waals surface area (Å²) in [5.41, 5.74) is 2.07. The number of fused-ring (bicyclic) bond motifs is 1. The van der Waals surface area contributed by atoms with Crippen molar-refractivity contribution in [3.63, 3.8) is 0 Å². The highest BCUT2D eigenvalue weighted by atomic mass is 16.7. The molecule has 0 aromatic heterocycles. The van der Waals surface area contributed by atoms with Crippen molar-refractivity contribution in [2.75, 3.05) is 37.1 Å². The number of carbonyl (C=O) groups excluding carboxylic acids is 2. The van der Waals surface area contributed by atoms with Gasteiger partial charge in [-0.05, 0) is 44.2 Å². The van der Waals surface area contributed by atoms with Crippen LogP contribution in [0.3, 0.4) is 0 Å². The highest BCUT2D eigenvalue weighted by molar-refractivity contribution is 6.07. The molecule has 3 rings (SSSR count). The molecule has 8 heteroatoms. The lowest BCUT2D eigenvalue weighted by atomic mass is 10.1. The minimum Gasteiger partial charge on any atom is -0.497 e. The monoisotopic (exact) mass is 413 g/mol. The number of nitrogens with one attached hydrogen (secondary N) is 2. The smallest absolute Gasteiger partial charge is 0.320 e. The SMILES string of the molecule is CCOC(CN1C(=O)[C@@H](NC(=O)Nc2ccc(OC)cc2)c2ccccc21)OCC. The van der Waals surface area contributed by atoms with Crippen molar-refractivity contribution in [2.24, 2.45) is 0 Å². The van der Waals surface area contributed by atoms with Crippen molar-refractivity contribution in [2.45, 2.75) is 26.2 Å². The second kappa shape index (κ2) is 10.1. The maximum atomic E-state index is 13.1. The molecule has 1 heterocycles. The quantitative estimate of drug-likeness (QED) is 0.616. The lowest BCUT2D eigenvalue weighted by Gasteiger charge is -2.24. The molecule has 2 aromatic rings. The second-order valence-corrected chi connectivity index (χ2v) is 6.61. The summed E-state index contributed by atoms with van der Waals surface area (Å²) in [7, 11) is 1.58. The molecule has 0 aliphatic carbocycles. The van der Waals surface area contributed by atoms with Crippen LogP contribution in [0.15, 0.2) is 48.5 Å². The molecule has 0 saturated heterocycles. The van der Waals surface area contributed by atoms with Crippen molar-refractivity contribution in [1.82, 2.24) is 5.32 Å². The Kier molecular flexibility index (Phi) is 7.26. The summed E-state index contributed by atoms with van der Waals surface area (Å²) in [6.45, 7) is 4.94. The molecule has 2 N–H and O–H groups in total. The minimum absolute atomic E-state index is 0.231. The molecule has 1 atom stereocenters. The highest BCUT2D eigenvalue weighted by Gasteiger charge is 2.39. The Hall–Kier alpha value is -3.10. The van der Waals surface area contributed by atoms with Crippen molar-refractivity contribution < 1.29 is 23.8 Å². The molecule has 160 valence electrons. The first-order chi connectivity index (χ1) is 14.6. The van der Waals surface area contributed by atoms with Gasteiger partial charge in [-0.3, -0.25) is 4.79 Å². The lowest BCUT2D eigenvalue weighted by Crippen LogP contribution is -2.43. The molecule has 2 aromatic carbocycles. The Labute approximate surface area is 176 Å². The van der Waals surface area contributed by atoms with Crippen LogP contribution in [0, 0.1) is 0 Å². The summed E-state index contributed by atoms with van der Waals surface area (Å²) in [5, 5.41) is 5.52. The van der Waals surface area contributed by atoms with Gasteiger partial charge in [0.2, 0.25) is 0 Å². The van der Waals surface area contributed by atoms with Crippen molar-refractivity contribution in [1.29, 1.82) is 0 Å². The van der Waals surface area contributed by atoms with Crippen LogP contribution in [-0.2, 0) is 14.3 Å². The number of amides is 3. The van der Waals surface area contributed by atoms with Gasteiger partial charge in [0.15, 0.2) is 6.29 Å². The summed E-state index contributed by atoms with van der Waals surface area (Å²) in [6, 6.07) is 13.1. The van der Waals surface area contributed by atoms with Crippen LogP contribution in [0.1, 0.15) is 25.5 Å². The van der Waals surface area contributed by atoms with E-state index in [0.29, 0.717) is 24.7 Å². The third-order valence-electron chi connectivity index (χ3n) is 4.71. The van der Waals surface area contributed by atoms with Gasteiger partial charge in [0.1, 0.15) is 11.8 Å². The summed E-state index contributed by atoms with van der Waals surface area (Å²) >= 11 is 0. The largest absolute Gasteiger partial charge is 0.497 e. The predicted molar refractivity (Wildman–Crippen MR) is 114 cm³/mol. The molecule has 30 heavy (non-hydrogen) atoms. The zero-order valence-electron chi connectivity index (χ0n) is 17.4. The van der Waals surface area contributed by atoms with Crippen molar-refractivity contribution in [3.05, 3.63) is 54.1 Å². The summed E-state index contributed by atoms with van der Waals surface area (Å²) in [6.07, 6.45) is -0.538. The minimum atomic E-state index is -0.789. The lowest BCUT2D eigenvalue weighted by molar-refractivity contribution is -0.135. The maximum Gasteiger partial charge on any atom is 0.320 e. The molecule has 0 unspecified atom stereocenters. The highest BCUT2D eigenvalue weighted by Crippen LogP contribution is 2.36. The molecular weight excluding hydrogens is 386 g/mol. The fourth-order valence-electron chi connectivity index (χ4n) is 3.36. The van der Waals surface area contributed by atoms with E-state index in [4.69, 9.17) is 14.2 Å². The van der Waals surface area contributed by atoms with E-state index in [2.05, 4.69) is 10.6 Å². The van der Waals surface area contributed by atoms with Gasteiger partial charge >= 0.3 is 6.03 Å². The Bertz CT molecular complexity index is 865. The number of hydrogen-bond acceptors (Lipinski definition) is 5. The standard InChI is InChI=1S/C22H27N3O5/c1-4-29-19(30-5-2)14-25-18-9-7-6-8-17(18)20(21(25)26)24-22(27)23-15-10-12-16(28-3)13-11-15/h6-13,19-20H,4-5,14H2,1-3H3,(H2,23,24,27)/t20-/m0/s1. The third kappa shape index (κ3) is 4.90. The Morgan fingerprint density at radius 1 is 1.07 bits per heavy atom. The van der Waals surface area contributed by atoms with Crippen LogP contribution in [-0.4, -0.2) is 45.1 Å². The molecule has 0 saturated carbocycles. The molecule has 1 aliphatic rings. The normalized spacial score (nSPS) is 15.3. The molecular formula is C22H27N3O5. The number of ether oxygens (including phenoxy) is 3. The first-order valence-electron chi connectivity index (χ1n) is 9.92.